The predicted octanol–water partition coefficient (Wildman–Crippen LogP) is 0.0585. The molecule has 2 fully saturated rings. The van der Waals surface area contributed by atoms with Crippen LogP contribution in [-0.2, 0) is 19.4 Å². The Bertz CT molecular complexity index is 380. The van der Waals surface area contributed by atoms with Gasteiger partial charge in [0.1, 0.15) is 0 Å². The molecular weight excluding hydrogens is 242 g/mol. The number of likely N-dealkylation sites (tertiary alicyclic amines) is 1. The van der Waals surface area contributed by atoms with Crippen LogP contribution in [0.5, 0.6) is 0 Å². The maximum absolute atomic E-state index is 12.0. The van der Waals surface area contributed by atoms with E-state index in [-0.39, 0.29) is 22.8 Å². The minimum Gasteiger partial charge on any atom is -0.381 e. The fourth-order valence-corrected chi connectivity index (χ4v) is 3.57. The molecule has 5 nitrogen and oxygen atoms in total. The van der Waals surface area contributed by atoms with Gasteiger partial charge >= 0.3 is 0 Å². The lowest BCUT2D eigenvalue weighted by Crippen LogP contribution is -2.58. The molecule has 0 aromatic carbocycles. The van der Waals surface area contributed by atoms with Crippen molar-refractivity contribution >= 4 is 15.7 Å². The van der Waals surface area contributed by atoms with E-state index in [1.807, 2.05) is 0 Å². The van der Waals surface area contributed by atoms with Crippen molar-refractivity contribution < 1.29 is 17.9 Å². The maximum atomic E-state index is 12.0. The van der Waals surface area contributed by atoms with Crippen LogP contribution in [-0.4, -0.2) is 56.5 Å². The second kappa shape index (κ2) is 4.94. The van der Waals surface area contributed by atoms with Crippen LogP contribution in [0.1, 0.15) is 19.8 Å². The Balaban J connectivity index is 1.85. The van der Waals surface area contributed by atoms with E-state index in [9.17, 15) is 13.2 Å². The van der Waals surface area contributed by atoms with Crippen LogP contribution in [0, 0.1) is 5.92 Å². The number of rotatable bonds is 3. The molecule has 2 saturated heterocycles. The molecule has 0 atom stereocenters. The molecule has 6 heteroatoms. The first kappa shape index (κ1) is 12.8. The number of sulfone groups is 1. The maximum Gasteiger partial charge on any atom is 0.225 e. The lowest BCUT2D eigenvalue weighted by atomic mass is 9.97. The van der Waals surface area contributed by atoms with Crippen LogP contribution >= 0.6 is 0 Å². The molecule has 98 valence electrons. The summed E-state index contributed by atoms with van der Waals surface area (Å²) in [6.07, 6.45) is 1.53. The van der Waals surface area contributed by atoms with E-state index in [0.29, 0.717) is 26.3 Å². The van der Waals surface area contributed by atoms with Gasteiger partial charge in [0.15, 0.2) is 9.84 Å². The van der Waals surface area contributed by atoms with Crippen molar-refractivity contribution in [3.8, 4) is 0 Å². The molecule has 0 aromatic rings. The zero-order valence-corrected chi connectivity index (χ0v) is 10.9. The Morgan fingerprint density at radius 3 is 2.41 bits per heavy atom. The topological polar surface area (TPSA) is 63.7 Å². The number of carbonyl (C=O) groups is 1. The zero-order valence-electron chi connectivity index (χ0n) is 10.1. The van der Waals surface area contributed by atoms with Crippen molar-refractivity contribution in [2.45, 2.75) is 25.0 Å². The van der Waals surface area contributed by atoms with E-state index >= 15 is 0 Å². The quantitative estimate of drug-likeness (QED) is 0.720. The average Bonchev–Trinajstić information content (AvgIpc) is 2.28. The average molecular weight is 261 g/mol. The largest absolute Gasteiger partial charge is 0.381 e. The second-order valence-corrected chi connectivity index (χ2v) is 7.27. The molecule has 0 unspecified atom stereocenters. The highest BCUT2D eigenvalue weighted by Gasteiger charge is 2.40. The summed E-state index contributed by atoms with van der Waals surface area (Å²) in [7, 11) is -2.98. The van der Waals surface area contributed by atoms with E-state index in [4.69, 9.17) is 4.74 Å². The summed E-state index contributed by atoms with van der Waals surface area (Å²) in [6.45, 7) is 3.69. The lowest BCUT2D eigenvalue weighted by molar-refractivity contribution is -0.141. The molecule has 0 N–H and O–H groups in total. The summed E-state index contributed by atoms with van der Waals surface area (Å²) >= 11 is 0. The van der Waals surface area contributed by atoms with Gasteiger partial charge in [0, 0.05) is 38.0 Å². The summed E-state index contributed by atoms with van der Waals surface area (Å²) in [5.41, 5.74) is 0. The van der Waals surface area contributed by atoms with Gasteiger partial charge in [-0.05, 0) is 12.8 Å². The number of hydrogen-bond donors (Lipinski definition) is 0. The molecular formula is C11H19NO4S. The second-order valence-electron chi connectivity index (χ2n) is 4.70. The molecule has 0 spiro atoms. The van der Waals surface area contributed by atoms with Crippen LogP contribution in [0.25, 0.3) is 0 Å². The van der Waals surface area contributed by atoms with Gasteiger partial charge < -0.3 is 9.64 Å². The van der Waals surface area contributed by atoms with Crippen molar-refractivity contribution in [3.63, 3.8) is 0 Å². The zero-order chi connectivity index (χ0) is 12.5. The molecule has 2 rings (SSSR count). The SMILES string of the molecule is CCS(=O)(=O)C1CN(C(=O)C2CCOCC2)C1. The number of hydrogen-bond acceptors (Lipinski definition) is 4. The summed E-state index contributed by atoms with van der Waals surface area (Å²) < 4.78 is 28.3. The first-order valence-electron chi connectivity index (χ1n) is 6.12. The van der Waals surface area contributed by atoms with Gasteiger partial charge in [0.2, 0.25) is 5.91 Å². The summed E-state index contributed by atoms with van der Waals surface area (Å²) in [4.78, 5) is 13.7. The van der Waals surface area contributed by atoms with Gasteiger partial charge in [-0.2, -0.15) is 0 Å². The third-order valence-corrected chi connectivity index (χ3v) is 5.76. The molecule has 0 aromatic heterocycles. The molecule has 2 aliphatic rings. The molecule has 2 aliphatic heterocycles. The van der Waals surface area contributed by atoms with E-state index in [2.05, 4.69) is 0 Å². The molecule has 1 amide bonds. The first-order valence-corrected chi connectivity index (χ1v) is 7.84. The Hall–Kier alpha value is -0.620. The normalized spacial score (nSPS) is 23.5. The van der Waals surface area contributed by atoms with Crippen molar-refractivity contribution in [1.82, 2.24) is 4.90 Å². The number of amides is 1. The Morgan fingerprint density at radius 1 is 1.29 bits per heavy atom. The van der Waals surface area contributed by atoms with Crippen LogP contribution < -0.4 is 0 Å². The molecule has 2 heterocycles. The van der Waals surface area contributed by atoms with Crippen LogP contribution in [0.2, 0.25) is 0 Å². The highest BCUT2D eigenvalue weighted by Crippen LogP contribution is 2.23. The smallest absolute Gasteiger partial charge is 0.225 e. The molecule has 0 bridgehead atoms. The number of nitrogens with zero attached hydrogens (tertiary/aromatic N) is 1. The highest BCUT2D eigenvalue weighted by molar-refractivity contribution is 7.92. The Labute approximate surface area is 102 Å². The third kappa shape index (κ3) is 2.63. The Kier molecular flexibility index (Phi) is 3.73. The van der Waals surface area contributed by atoms with Crippen molar-refractivity contribution in [1.29, 1.82) is 0 Å². The van der Waals surface area contributed by atoms with E-state index in [0.717, 1.165) is 12.8 Å². The van der Waals surface area contributed by atoms with Crippen LogP contribution in [0.4, 0.5) is 0 Å². The van der Waals surface area contributed by atoms with E-state index < -0.39 is 9.84 Å². The third-order valence-electron chi connectivity index (χ3n) is 3.64. The number of carbonyl (C=O) groups excluding carboxylic acids is 1. The van der Waals surface area contributed by atoms with Crippen molar-refractivity contribution in [2.75, 3.05) is 32.1 Å². The molecule has 0 aliphatic carbocycles. The first-order chi connectivity index (χ1) is 8.04. The van der Waals surface area contributed by atoms with Crippen LogP contribution in [0.15, 0.2) is 0 Å². The minimum absolute atomic E-state index is 0.0361. The van der Waals surface area contributed by atoms with E-state index in [1.165, 1.54) is 0 Å². The van der Waals surface area contributed by atoms with Gasteiger partial charge in [0.05, 0.1) is 5.25 Å². The summed E-state index contributed by atoms with van der Waals surface area (Å²) in [5.74, 6) is 0.307. The van der Waals surface area contributed by atoms with E-state index in [1.54, 1.807) is 11.8 Å². The fourth-order valence-electron chi connectivity index (χ4n) is 2.28. The van der Waals surface area contributed by atoms with Crippen molar-refractivity contribution in [3.05, 3.63) is 0 Å². The predicted molar refractivity (Wildman–Crippen MR) is 63.4 cm³/mol. The van der Waals surface area contributed by atoms with Gasteiger partial charge in [-0.1, -0.05) is 6.92 Å². The Morgan fingerprint density at radius 2 is 1.88 bits per heavy atom. The lowest BCUT2D eigenvalue weighted by Gasteiger charge is -2.40. The van der Waals surface area contributed by atoms with Crippen molar-refractivity contribution in [2.24, 2.45) is 5.92 Å². The molecule has 0 saturated carbocycles. The molecule has 17 heavy (non-hydrogen) atoms. The summed E-state index contributed by atoms with van der Waals surface area (Å²) in [6, 6.07) is 0. The van der Waals surface area contributed by atoms with Gasteiger partial charge in [-0.15, -0.1) is 0 Å². The highest BCUT2D eigenvalue weighted by atomic mass is 32.2. The van der Waals surface area contributed by atoms with Gasteiger partial charge in [0.25, 0.3) is 0 Å². The monoisotopic (exact) mass is 261 g/mol. The van der Waals surface area contributed by atoms with Crippen LogP contribution in [0.3, 0.4) is 0 Å². The van der Waals surface area contributed by atoms with Gasteiger partial charge in [-0.25, -0.2) is 8.42 Å². The van der Waals surface area contributed by atoms with Gasteiger partial charge in [-0.3, -0.25) is 4.79 Å². The fraction of sp³-hybridized carbons (Fsp3) is 0.909. The summed E-state index contributed by atoms with van der Waals surface area (Å²) in [5, 5.41) is -0.337. The minimum atomic E-state index is -2.98. The molecule has 0 radical (unpaired) electrons. The number of ether oxygens (including phenoxy) is 1. The standard InChI is InChI=1S/C11H19NO4S/c1-2-17(14,15)10-7-12(8-10)11(13)9-3-5-16-6-4-9/h9-10H,2-8H2,1H3.